The summed E-state index contributed by atoms with van der Waals surface area (Å²) in [5.41, 5.74) is 0.896. The van der Waals surface area contributed by atoms with Crippen molar-refractivity contribution in [1.29, 1.82) is 0 Å². The third-order valence-electron chi connectivity index (χ3n) is 2.90. The van der Waals surface area contributed by atoms with Crippen LogP contribution in [0.25, 0.3) is 0 Å². The van der Waals surface area contributed by atoms with E-state index in [1.54, 1.807) is 6.07 Å². The van der Waals surface area contributed by atoms with Gasteiger partial charge in [-0.3, -0.25) is 9.78 Å². The Labute approximate surface area is 123 Å². The smallest absolute Gasteiger partial charge is 0.253 e. The van der Waals surface area contributed by atoms with E-state index in [9.17, 15) is 4.79 Å². The second kappa shape index (κ2) is 6.73. The molecule has 108 valence electrons. The lowest BCUT2D eigenvalue weighted by atomic mass is 10.1. The number of carbonyl (C=O) groups excluding carboxylic acids is 1. The van der Waals surface area contributed by atoms with Crippen LogP contribution in [0.5, 0.6) is 0 Å². The summed E-state index contributed by atoms with van der Waals surface area (Å²) in [6.45, 7) is 3.43. The van der Waals surface area contributed by atoms with E-state index < -0.39 is 0 Å². The molecule has 0 aliphatic heterocycles. The molecule has 0 aromatic carbocycles. The molecule has 0 saturated carbocycles. The summed E-state index contributed by atoms with van der Waals surface area (Å²) in [6.07, 6.45) is 3.03. The number of pyridine rings is 1. The maximum atomic E-state index is 12.3. The Kier molecular flexibility index (Phi) is 4.75. The molecule has 0 radical (unpaired) electrons. The molecule has 2 heterocycles. The highest BCUT2D eigenvalue weighted by Crippen LogP contribution is 2.16. The van der Waals surface area contributed by atoms with E-state index in [-0.39, 0.29) is 18.6 Å². The Morgan fingerprint density at radius 1 is 1.48 bits per heavy atom. The van der Waals surface area contributed by atoms with E-state index >= 15 is 0 Å². The van der Waals surface area contributed by atoms with Crippen molar-refractivity contribution in [1.82, 2.24) is 10.3 Å². The van der Waals surface area contributed by atoms with Crippen LogP contribution in [-0.4, -0.2) is 22.6 Å². The first kappa shape index (κ1) is 14.8. The highest BCUT2D eigenvalue weighted by atomic mass is 16.3. The molecule has 1 amide bonds. The SMILES string of the molecule is Cc1ccc(C(C)NC(=O)c2ccncc2C#CCO)o1. The maximum Gasteiger partial charge on any atom is 0.253 e. The molecule has 1 unspecified atom stereocenters. The van der Waals surface area contributed by atoms with Gasteiger partial charge in [-0.1, -0.05) is 11.8 Å². The van der Waals surface area contributed by atoms with E-state index in [2.05, 4.69) is 22.1 Å². The van der Waals surface area contributed by atoms with E-state index in [0.717, 1.165) is 5.76 Å². The van der Waals surface area contributed by atoms with E-state index in [1.165, 1.54) is 12.4 Å². The molecular weight excluding hydrogens is 268 g/mol. The molecule has 1 atom stereocenters. The van der Waals surface area contributed by atoms with Gasteiger partial charge in [-0.25, -0.2) is 0 Å². The molecule has 2 aromatic rings. The maximum absolute atomic E-state index is 12.3. The topological polar surface area (TPSA) is 75.4 Å². The van der Waals surface area contributed by atoms with Gasteiger partial charge < -0.3 is 14.8 Å². The fourth-order valence-corrected chi connectivity index (χ4v) is 1.86. The monoisotopic (exact) mass is 284 g/mol. The average molecular weight is 284 g/mol. The molecule has 2 aromatic heterocycles. The van der Waals surface area contributed by atoms with E-state index in [1.807, 2.05) is 26.0 Å². The second-order valence-electron chi connectivity index (χ2n) is 4.52. The number of aliphatic hydroxyl groups excluding tert-OH is 1. The predicted octanol–water partition coefficient (Wildman–Crippen LogP) is 1.82. The largest absolute Gasteiger partial charge is 0.464 e. The third kappa shape index (κ3) is 3.71. The lowest BCUT2D eigenvalue weighted by Crippen LogP contribution is -2.27. The Balaban J connectivity index is 2.17. The highest BCUT2D eigenvalue weighted by Gasteiger charge is 2.16. The summed E-state index contributed by atoms with van der Waals surface area (Å²) in [4.78, 5) is 16.2. The van der Waals surface area contributed by atoms with Crippen LogP contribution in [0, 0.1) is 18.8 Å². The molecule has 0 aliphatic rings. The average Bonchev–Trinajstić information content (AvgIpc) is 2.92. The van der Waals surface area contributed by atoms with Gasteiger partial charge >= 0.3 is 0 Å². The summed E-state index contributed by atoms with van der Waals surface area (Å²) < 4.78 is 5.49. The molecule has 2 N–H and O–H groups in total. The lowest BCUT2D eigenvalue weighted by Gasteiger charge is -2.12. The molecule has 0 bridgehead atoms. The molecular formula is C16H16N2O3. The number of hydrogen-bond acceptors (Lipinski definition) is 4. The molecule has 21 heavy (non-hydrogen) atoms. The Hall–Kier alpha value is -2.58. The van der Waals surface area contributed by atoms with Gasteiger partial charge in [0.15, 0.2) is 0 Å². The number of aromatic nitrogens is 1. The quantitative estimate of drug-likeness (QED) is 0.843. The van der Waals surface area contributed by atoms with Crippen molar-refractivity contribution in [2.75, 3.05) is 6.61 Å². The van der Waals surface area contributed by atoms with Crippen molar-refractivity contribution < 1.29 is 14.3 Å². The molecule has 5 nitrogen and oxygen atoms in total. The zero-order valence-electron chi connectivity index (χ0n) is 11.9. The van der Waals surface area contributed by atoms with Crippen molar-refractivity contribution in [2.45, 2.75) is 19.9 Å². The van der Waals surface area contributed by atoms with Gasteiger partial charge in [0.1, 0.15) is 18.1 Å². The van der Waals surface area contributed by atoms with Crippen molar-refractivity contribution in [3.63, 3.8) is 0 Å². The molecule has 2 rings (SSSR count). The van der Waals surface area contributed by atoms with Gasteiger partial charge in [-0.05, 0) is 32.0 Å². The number of hydrogen-bond donors (Lipinski definition) is 2. The third-order valence-corrected chi connectivity index (χ3v) is 2.90. The van der Waals surface area contributed by atoms with Gasteiger partial charge in [0, 0.05) is 12.4 Å². The predicted molar refractivity (Wildman–Crippen MR) is 77.5 cm³/mol. The van der Waals surface area contributed by atoms with Crippen molar-refractivity contribution in [3.05, 3.63) is 53.2 Å². The molecule has 0 spiro atoms. The molecule has 0 saturated heterocycles. The molecule has 0 fully saturated rings. The Morgan fingerprint density at radius 3 is 2.95 bits per heavy atom. The summed E-state index contributed by atoms with van der Waals surface area (Å²) in [5, 5.41) is 11.6. The Morgan fingerprint density at radius 2 is 2.29 bits per heavy atom. The van der Waals surface area contributed by atoms with Gasteiger partial charge in [0.2, 0.25) is 0 Å². The van der Waals surface area contributed by atoms with Crippen LogP contribution in [0.2, 0.25) is 0 Å². The van der Waals surface area contributed by atoms with Gasteiger partial charge in [0.05, 0.1) is 17.2 Å². The number of amides is 1. The van der Waals surface area contributed by atoms with Crippen LogP contribution in [0.1, 0.15) is 40.4 Å². The van der Waals surface area contributed by atoms with Gasteiger partial charge in [-0.2, -0.15) is 0 Å². The number of furan rings is 1. The zero-order chi connectivity index (χ0) is 15.2. The van der Waals surface area contributed by atoms with Crippen molar-refractivity contribution in [3.8, 4) is 11.8 Å². The first-order valence-electron chi connectivity index (χ1n) is 6.52. The highest BCUT2D eigenvalue weighted by molar-refractivity contribution is 5.96. The van der Waals surface area contributed by atoms with E-state index in [0.29, 0.717) is 16.9 Å². The summed E-state index contributed by atoms with van der Waals surface area (Å²) >= 11 is 0. The summed E-state index contributed by atoms with van der Waals surface area (Å²) in [6, 6.07) is 5.02. The number of nitrogens with zero attached hydrogens (tertiary/aromatic N) is 1. The fraction of sp³-hybridized carbons (Fsp3) is 0.250. The minimum atomic E-state index is -0.266. The number of aliphatic hydroxyl groups is 1. The minimum Gasteiger partial charge on any atom is -0.464 e. The van der Waals surface area contributed by atoms with Gasteiger partial charge in [-0.15, -0.1) is 0 Å². The van der Waals surface area contributed by atoms with Crippen LogP contribution in [0.3, 0.4) is 0 Å². The van der Waals surface area contributed by atoms with Crippen molar-refractivity contribution in [2.24, 2.45) is 0 Å². The van der Waals surface area contributed by atoms with Crippen LogP contribution in [0.15, 0.2) is 35.0 Å². The zero-order valence-corrected chi connectivity index (χ0v) is 11.9. The normalized spacial score (nSPS) is 11.4. The lowest BCUT2D eigenvalue weighted by molar-refractivity contribution is 0.0934. The first-order chi connectivity index (χ1) is 10.1. The van der Waals surface area contributed by atoms with Crippen LogP contribution in [-0.2, 0) is 0 Å². The standard InChI is InChI=1S/C16H16N2O3/c1-11-5-6-15(21-11)12(2)18-16(20)14-7-8-17-10-13(14)4-3-9-19/h5-8,10,12,19H,9H2,1-2H3,(H,18,20). The molecule has 0 aliphatic carbocycles. The summed E-state index contributed by atoms with van der Waals surface area (Å²) in [5.74, 6) is 6.45. The number of rotatable bonds is 3. The van der Waals surface area contributed by atoms with Crippen molar-refractivity contribution >= 4 is 5.91 Å². The summed E-state index contributed by atoms with van der Waals surface area (Å²) in [7, 11) is 0. The first-order valence-corrected chi connectivity index (χ1v) is 6.52. The number of carbonyl (C=O) groups is 1. The van der Waals surface area contributed by atoms with Gasteiger partial charge in [0.25, 0.3) is 5.91 Å². The van der Waals surface area contributed by atoms with E-state index in [4.69, 9.17) is 9.52 Å². The molecule has 5 heteroatoms. The Bertz CT molecular complexity index is 695. The fourth-order valence-electron chi connectivity index (χ4n) is 1.86. The second-order valence-corrected chi connectivity index (χ2v) is 4.52. The van der Waals surface area contributed by atoms with Crippen LogP contribution in [0.4, 0.5) is 0 Å². The number of nitrogens with one attached hydrogen (secondary N) is 1. The van der Waals surface area contributed by atoms with Crippen LogP contribution >= 0.6 is 0 Å². The van der Waals surface area contributed by atoms with Crippen LogP contribution < -0.4 is 5.32 Å². The number of aryl methyl sites for hydroxylation is 1. The minimum absolute atomic E-state index is 0.252.